The van der Waals surface area contributed by atoms with Gasteiger partial charge in [-0.1, -0.05) is 54.6 Å². The Balaban J connectivity index is 1.73. The van der Waals surface area contributed by atoms with Gasteiger partial charge in [-0.2, -0.15) is 8.78 Å². The normalized spacial score (nSPS) is 16.1. The number of alkyl halides is 2. The number of aliphatic hydroxyl groups is 1. The fraction of sp³-hybridized carbons (Fsp3) is 0.160. The van der Waals surface area contributed by atoms with Crippen molar-refractivity contribution < 1.29 is 28.2 Å². The van der Waals surface area contributed by atoms with E-state index in [9.17, 15) is 18.7 Å². The Morgan fingerprint density at radius 3 is 2.16 bits per heavy atom. The number of nitrogens with zero attached hydrogens (tertiary/aromatic N) is 1. The molecule has 0 fully saturated rings. The largest absolute Gasteiger partial charge is 0.503 e. The Morgan fingerprint density at radius 2 is 1.56 bits per heavy atom. The highest BCUT2D eigenvalue weighted by Crippen LogP contribution is 2.44. The van der Waals surface area contributed by atoms with Gasteiger partial charge in [0, 0.05) is 12.1 Å². The first-order chi connectivity index (χ1) is 15.5. The van der Waals surface area contributed by atoms with Crippen LogP contribution in [0.5, 0.6) is 11.5 Å². The maximum Gasteiger partial charge on any atom is 0.387 e. The van der Waals surface area contributed by atoms with Crippen molar-refractivity contribution in [1.82, 2.24) is 4.90 Å². The van der Waals surface area contributed by atoms with E-state index in [-0.39, 0.29) is 18.1 Å². The second kappa shape index (κ2) is 9.09. The smallest absolute Gasteiger partial charge is 0.387 e. The number of ether oxygens (including phenoxy) is 2. The first kappa shape index (κ1) is 21.4. The van der Waals surface area contributed by atoms with Crippen molar-refractivity contribution in [2.24, 2.45) is 0 Å². The third kappa shape index (κ3) is 4.27. The van der Waals surface area contributed by atoms with E-state index < -0.39 is 18.6 Å². The number of benzene rings is 3. The number of amides is 1. The standard InChI is InChI=1S/C25H21F2NO4/c1-31-19-11-7-16(8-12-19)15-28-22(18-9-13-20(14-10-18)32-25(26)27)21(23(29)24(28)30)17-5-3-2-4-6-17/h2-14,22,25,29H,15H2,1H3/t22-/m1/s1. The van der Waals surface area contributed by atoms with Crippen molar-refractivity contribution >= 4 is 11.5 Å². The van der Waals surface area contributed by atoms with Crippen molar-refractivity contribution in [2.75, 3.05) is 7.11 Å². The third-order valence-electron chi connectivity index (χ3n) is 5.32. The van der Waals surface area contributed by atoms with Crippen molar-refractivity contribution in [2.45, 2.75) is 19.2 Å². The van der Waals surface area contributed by atoms with Gasteiger partial charge in [0.1, 0.15) is 11.5 Å². The molecule has 0 unspecified atom stereocenters. The molecule has 5 nitrogen and oxygen atoms in total. The molecule has 0 aromatic heterocycles. The van der Waals surface area contributed by atoms with Crippen LogP contribution in [0.2, 0.25) is 0 Å². The SMILES string of the molecule is COc1ccc(CN2C(=O)C(O)=C(c3ccccc3)[C@H]2c2ccc(OC(F)F)cc2)cc1. The minimum Gasteiger partial charge on any atom is -0.503 e. The summed E-state index contributed by atoms with van der Waals surface area (Å²) in [5.74, 6) is -0.122. The van der Waals surface area contributed by atoms with E-state index in [1.807, 2.05) is 42.5 Å². The summed E-state index contributed by atoms with van der Waals surface area (Å²) < 4.78 is 34.7. The molecule has 32 heavy (non-hydrogen) atoms. The second-order valence-electron chi connectivity index (χ2n) is 7.26. The highest BCUT2D eigenvalue weighted by atomic mass is 19.3. The van der Waals surface area contributed by atoms with Gasteiger partial charge < -0.3 is 19.5 Å². The molecule has 0 saturated carbocycles. The fourth-order valence-corrected chi connectivity index (χ4v) is 3.84. The minimum absolute atomic E-state index is 0.0178. The molecule has 1 heterocycles. The van der Waals surface area contributed by atoms with Crippen molar-refractivity contribution in [3.05, 3.63) is 101 Å². The summed E-state index contributed by atoms with van der Waals surface area (Å²) in [6.45, 7) is -2.69. The first-order valence-corrected chi connectivity index (χ1v) is 9.95. The van der Waals surface area contributed by atoms with Crippen LogP contribution in [0.25, 0.3) is 5.57 Å². The van der Waals surface area contributed by atoms with Crippen molar-refractivity contribution in [3.8, 4) is 11.5 Å². The number of aliphatic hydroxyl groups excluding tert-OH is 1. The van der Waals surface area contributed by atoms with E-state index in [0.717, 1.165) is 5.56 Å². The Hall–Kier alpha value is -3.87. The molecule has 1 N–H and O–H groups in total. The Kier molecular flexibility index (Phi) is 6.07. The van der Waals surface area contributed by atoms with Gasteiger partial charge in [0.25, 0.3) is 5.91 Å². The molecule has 4 rings (SSSR count). The van der Waals surface area contributed by atoms with Gasteiger partial charge in [-0.15, -0.1) is 0 Å². The van der Waals surface area contributed by atoms with E-state index in [4.69, 9.17) is 4.74 Å². The average Bonchev–Trinajstić information content (AvgIpc) is 3.05. The number of hydrogen-bond acceptors (Lipinski definition) is 4. The van der Waals surface area contributed by atoms with Crippen LogP contribution in [0.3, 0.4) is 0 Å². The maximum atomic E-state index is 13.1. The third-order valence-corrected chi connectivity index (χ3v) is 5.32. The van der Waals surface area contributed by atoms with Crippen LogP contribution in [0, 0.1) is 0 Å². The molecule has 164 valence electrons. The summed E-state index contributed by atoms with van der Waals surface area (Å²) in [6.07, 6.45) is 0. The fourth-order valence-electron chi connectivity index (χ4n) is 3.84. The minimum atomic E-state index is -2.93. The molecule has 3 aromatic rings. The lowest BCUT2D eigenvalue weighted by Crippen LogP contribution is -2.29. The summed E-state index contributed by atoms with van der Waals surface area (Å²) in [6, 6.07) is 21.9. The molecular formula is C25H21F2NO4. The molecule has 0 radical (unpaired) electrons. The van der Waals surface area contributed by atoms with Crippen LogP contribution in [0.1, 0.15) is 22.7 Å². The first-order valence-electron chi connectivity index (χ1n) is 9.95. The molecule has 0 spiro atoms. The number of carbonyl (C=O) groups excluding carboxylic acids is 1. The van der Waals surface area contributed by atoms with Crippen molar-refractivity contribution in [1.29, 1.82) is 0 Å². The lowest BCUT2D eigenvalue weighted by Gasteiger charge is -2.27. The van der Waals surface area contributed by atoms with Gasteiger partial charge in [-0.05, 0) is 41.0 Å². The van der Waals surface area contributed by atoms with E-state index in [2.05, 4.69) is 4.74 Å². The quantitative estimate of drug-likeness (QED) is 0.541. The van der Waals surface area contributed by atoms with Gasteiger partial charge in [0.2, 0.25) is 0 Å². The number of carbonyl (C=O) groups is 1. The zero-order valence-corrected chi connectivity index (χ0v) is 17.2. The van der Waals surface area contributed by atoms with Crippen molar-refractivity contribution in [3.63, 3.8) is 0 Å². The topological polar surface area (TPSA) is 59.0 Å². The van der Waals surface area contributed by atoms with Gasteiger partial charge in [-0.3, -0.25) is 4.79 Å². The highest BCUT2D eigenvalue weighted by molar-refractivity contribution is 6.05. The summed E-state index contributed by atoms with van der Waals surface area (Å²) in [5, 5.41) is 10.8. The number of methoxy groups -OCH3 is 1. The van der Waals surface area contributed by atoms with E-state index in [1.165, 1.54) is 12.1 Å². The summed E-state index contributed by atoms with van der Waals surface area (Å²) in [4.78, 5) is 14.6. The summed E-state index contributed by atoms with van der Waals surface area (Å²) in [5.41, 5.74) is 2.68. The predicted molar refractivity (Wildman–Crippen MR) is 115 cm³/mol. The molecule has 0 bridgehead atoms. The maximum absolute atomic E-state index is 13.1. The number of halogens is 2. The van der Waals surface area contributed by atoms with Gasteiger partial charge in [0.15, 0.2) is 5.76 Å². The van der Waals surface area contributed by atoms with Crippen LogP contribution in [0.4, 0.5) is 8.78 Å². The molecule has 7 heteroatoms. The zero-order chi connectivity index (χ0) is 22.7. The van der Waals surface area contributed by atoms with Crippen LogP contribution in [-0.2, 0) is 11.3 Å². The summed E-state index contributed by atoms with van der Waals surface area (Å²) in [7, 11) is 1.57. The lowest BCUT2D eigenvalue weighted by molar-refractivity contribution is -0.130. The molecule has 0 saturated heterocycles. The van der Waals surface area contributed by atoms with Crippen LogP contribution in [0.15, 0.2) is 84.6 Å². The van der Waals surface area contributed by atoms with E-state index in [0.29, 0.717) is 22.4 Å². The Morgan fingerprint density at radius 1 is 0.938 bits per heavy atom. The number of hydrogen-bond donors (Lipinski definition) is 1. The number of rotatable bonds is 7. The van der Waals surface area contributed by atoms with E-state index >= 15 is 0 Å². The molecule has 1 amide bonds. The zero-order valence-electron chi connectivity index (χ0n) is 17.2. The molecule has 3 aromatic carbocycles. The van der Waals surface area contributed by atoms with Crippen LogP contribution < -0.4 is 9.47 Å². The lowest BCUT2D eigenvalue weighted by atomic mass is 9.93. The molecule has 0 aliphatic carbocycles. The molecule has 1 aliphatic rings. The van der Waals surface area contributed by atoms with E-state index in [1.54, 1.807) is 36.3 Å². The molecule has 1 aliphatic heterocycles. The predicted octanol–water partition coefficient (Wildman–Crippen LogP) is 5.35. The summed E-state index contributed by atoms with van der Waals surface area (Å²) >= 11 is 0. The van der Waals surface area contributed by atoms with Gasteiger partial charge in [-0.25, -0.2) is 0 Å². The van der Waals surface area contributed by atoms with Gasteiger partial charge in [0.05, 0.1) is 13.2 Å². The second-order valence-corrected chi connectivity index (χ2v) is 7.26. The highest BCUT2D eigenvalue weighted by Gasteiger charge is 2.41. The monoisotopic (exact) mass is 437 g/mol. The Bertz CT molecular complexity index is 1110. The van der Waals surface area contributed by atoms with Gasteiger partial charge >= 0.3 is 6.61 Å². The molecule has 1 atom stereocenters. The Labute approximate surface area is 184 Å². The molecular weight excluding hydrogens is 416 g/mol. The average molecular weight is 437 g/mol. The van der Waals surface area contributed by atoms with Crippen LogP contribution in [-0.4, -0.2) is 29.6 Å². The van der Waals surface area contributed by atoms with Crippen LogP contribution >= 0.6 is 0 Å².